The van der Waals surface area contributed by atoms with Gasteiger partial charge in [-0.25, -0.2) is 19.6 Å². The Hall–Kier alpha value is -5.07. The van der Waals surface area contributed by atoms with Gasteiger partial charge in [0.1, 0.15) is 17.2 Å². The van der Waals surface area contributed by atoms with E-state index in [9.17, 15) is 19.5 Å². The Labute approximate surface area is 264 Å². The lowest BCUT2D eigenvalue weighted by atomic mass is 10.1. The monoisotopic (exact) mass is 621 g/mol. The van der Waals surface area contributed by atoms with Crippen LogP contribution in [-0.2, 0) is 18.3 Å². The summed E-state index contributed by atoms with van der Waals surface area (Å²) in [6.07, 6.45) is 3.54. The van der Waals surface area contributed by atoms with Crippen molar-refractivity contribution in [2.75, 3.05) is 26.3 Å². The number of fused-ring (bicyclic) bond motifs is 1. The van der Waals surface area contributed by atoms with Crippen LogP contribution in [0.5, 0.6) is 0 Å². The lowest BCUT2D eigenvalue weighted by molar-refractivity contribution is 0.0680. The summed E-state index contributed by atoms with van der Waals surface area (Å²) in [6, 6.07) is 21.2. The Morgan fingerprint density at radius 2 is 1.72 bits per heavy atom. The van der Waals surface area contributed by atoms with E-state index in [1.165, 1.54) is 6.20 Å². The number of hydrogen-bond donors (Lipinski definition) is 2. The number of rotatable bonds is 8. The first-order chi connectivity index (χ1) is 22.4. The molecule has 3 aromatic heterocycles. The van der Waals surface area contributed by atoms with Crippen molar-refractivity contribution in [1.29, 1.82) is 0 Å². The Balaban J connectivity index is 1.24. The van der Waals surface area contributed by atoms with Crippen LogP contribution in [0.3, 0.4) is 0 Å². The molecule has 0 bridgehead atoms. The van der Waals surface area contributed by atoms with E-state index >= 15 is 0 Å². The van der Waals surface area contributed by atoms with Crippen molar-refractivity contribution in [1.82, 2.24) is 33.9 Å². The number of aromatic nitrogens is 5. The van der Waals surface area contributed by atoms with Gasteiger partial charge in [0.15, 0.2) is 5.65 Å². The summed E-state index contributed by atoms with van der Waals surface area (Å²) in [5, 5.41) is 12.5. The number of carboxylic acid groups (broad SMARTS) is 1. The van der Waals surface area contributed by atoms with Gasteiger partial charge in [-0.1, -0.05) is 42.5 Å². The van der Waals surface area contributed by atoms with Gasteiger partial charge in [-0.15, -0.1) is 0 Å². The maximum Gasteiger partial charge on any atom is 0.354 e. The van der Waals surface area contributed by atoms with Gasteiger partial charge in [-0.2, -0.15) is 0 Å². The van der Waals surface area contributed by atoms with E-state index in [4.69, 9.17) is 9.72 Å². The summed E-state index contributed by atoms with van der Waals surface area (Å²) >= 11 is 0. The van der Waals surface area contributed by atoms with Crippen molar-refractivity contribution in [2.45, 2.75) is 37.9 Å². The van der Waals surface area contributed by atoms with Crippen LogP contribution in [0.1, 0.15) is 52.1 Å². The first kappa shape index (κ1) is 29.6. The zero-order valence-corrected chi connectivity index (χ0v) is 25.5. The van der Waals surface area contributed by atoms with Gasteiger partial charge in [-0.05, 0) is 54.7 Å². The third-order valence-corrected chi connectivity index (χ3v) is 9.02. The number of pyridine rings is 1. The van der Waals surface area contributed by atoms with E-state index < -0.39 is 5.97 Å². The Bertz CT molecular complexity index is 1960. The summed E-state index contributed by atoms with van der Waals surface area (Å²) in [7, 11) is 1.69. The summed E-state index contributed by atoms with van der Waals surface area (Å²) in [5.41, 5.74) is 4.06. The van der Waals surface area contributed by atoms with Crippen LogP contribution in [0.4, 0.5) is 0 Å². The van der Waals surface area contributed by atoms with Gasteiger partial charge >= 0.3 is 11.7 Å². The summed E-state index contributed by atoms with van der Waals surface area (Å²) in [5.74, 6) is -0.666. The summed E-state index contributed by atoms with van der Waals surface area (Å²) in [6.45, 7) is 2.89. The Morgan fingerprint density at radius 1 is 0.978 bits per heavy atom. The van der Waals surface area contributed by atoms with Gasteiger partial charge in [0.05, 0.1) is 30.0 Å². The molecule has 2 aliphatic heterocycles. The number of carboxylic acids is 1. The number of hydrogen-bond acceptors (Lipinski definition) is 7. The molecule has 1 atom stereocenters. The molecule has 2 N–H and O–H groups in total. The number of nitrogens with one attached hydrogen (secondary N) is 1. The third-order valence-electron chi connectivity index (χ3n) is 9.02. The predicted molar refractivity (Wildman–Crippen MR) is 171 cm³/mol. The van der Waals surface area contributed by atoms with Gasteiger partial charge < -0.3 is 19.7 Å². The molecule has 5 heterocycles. The first-order valence-corrected chi connectivity index (χ1v) is 15.5. The van der Waals surface area contributed by atoms with E-state index in [0.29, 0.717) is 61.9 Å². The van der Waals surface area contributed by atoms with Crippen molar-refractivity contribution in [3.05, 3.63) is 101 Å². The van der Waals surface area contributed by atoms with Crippen molar-refractivity contribution in [3.8, 4) is 16.8 Å². The van der Waals surface area contributed by atoms with Gasteiger partial charge in [0, 0.05) is 39.4 Å². The fourth-order valence-corrected chi connectivity index (χ4v) is 6.49. The van der Waals surface area contributed by atoms with E-state index in [-0.39, 0.29) is 35.1 Å². The van der Waals surface area contributed by atoms with Crippen molar-refractivity contribution < 1.29 is 19.4 Å². The molecule has 0 radical (unpaired) electrons. The summed E-state index contributed by atoms with van der Waals surface area (Å²) in [4.78, 5) is 50.4. The van der Waals surface area contributed by atoms with Crippen molar-refractivity contribution in [2.24, 2.45) is 7.05 Å². The third kappa shape index (κ3) is 5.61. The number of likely N-dealkylation sites (tertiary alicyclic amines) is 1. The lowest BCUT2D eigenvalue weighted by Gasteiger charge is -2.22. The highest BCUT2D eigenvalue weighted by atomic mass is 16.5. The molecule has 2 saturated heterocycles. The number of aromatic carboxylic acids is 1. The average Bonchev–Trinajstić information content (AvgIpc) is 3.76. The zero-order valence-electron chi connectivity index (χ0n) is 25.5. The Kier molecular flexibility index (Phi) is 7.97. The quantitative estimate of drug-likeness (QED) is 0.268. The van der Waals surface area contributed by atoms with Crippen LogP contribution in [0.25, 0.3) is 28.0 Å². The van der Waals surface area contributed by atoms with E-state index in [2.05, 4.69) is 15.2 Å². The number of amides is 1. The molecule has 0 unspecified atom stereocenters. The SMILES string of the molecule is Cn1c(C(=O)O)cnc1CN1CC[C@H](n2c(=O)n(-c3ccc(-c4ccccc4)cc3)c3ccc(C(=O)NC4CCOCC4)nc32)C1. The molecule has 0 aliphatic carbocycles. The van der Waals surface area contributed by atoms with E-state index in [1.807, 2.05) is 54.6 Å². The lowest BCUT2D eigenvalue weighted by Crippen LogP contribution is -2.39. The molecule has 46 heavy (non-hydrogen) atoms. The van der Waals surface area contributed by atoms with Crippen molar-refractivity contribution in [3.63, 3.8) is 0 Å². The van der Waals surface area contributed by atoms with Crippen LogP contribution in [-0.4, -0.2) is 77.9 Å². The second kappa shape index (κ2) is 12.4. The molecule has 0 saturated carbocycles. The van der Waals surface area contributed by atoms with Crippen LogP contribution >= 0.6 is 0 Å². The minimum absolute atomic E-state index is 0.0184. The molecule has 2 aliphatic rings. The average molecular weight is 622 g/mol. The van der Waals surface area contributed by atoms with E-state index in [1.54, 1.807) is 32.9 Å². The van der Waals surface area contributed by atoms with Crippen molar-refractivity contribution >= 4 is 23.0 Å². The van der Waals surface area contributed by atoms with Crippen LogP contribution in [0.2, 0.25) is 0 Å². The van der Waals surface area contributed by atoms with Crippen LogP contribution in [0.15, 0.2) is 77.7 Å². The highest BCUT2D eigenvalue weighted by Gasteiger charge is 2.31. The second-order valence-corrected chi connectivity index (χ2v) is 11.9. The van der Waals surface area contributed by atoms with Crippen LogP contribution < -0.4 is 11.0 Å². The molecule has 12 heteroatoms. The topological polar surface area (TPSA) is 137 Å². The van der Waals surface area contributed by atoms with Gasteiger partial charge in [0.25, 0.3) is 5.91 Å². The molecule has 2 fully saturated rings. The first-order valence-electron chi connectivity index (χ1n) is 15.5. The molecule has 12 nitrogen and oxygen atoms in total. The molecule has 236 valence electrons. The molecule has 7 rings (SSSR count). The smallest absolute Gasteiger partial charge is 0.354 e. The molecule has 0 spiro atoms. The molecular weight excluding hydrogens is 586 g/mol. The number of imidazole rings is 2. The normalized spacial score (nSPS) is 17.5. The minimum atomic E-state index is -1.03. The van der Waals surface area contributed by atoms with Crippen LogP contribution in [0, 0.1) is 0 Å². The minimum Gasteiger partial charge on any atom is -0.477 e. The highest BCUT2D eigenvalue weighted by molar-refractivity contribution is 5.94. The predicted octanol–water partition coefficient (Wildman–Crippen LogP) is 3.64. The summed E-state index contributed by atoms with van der Waals surface area (Å²) < 4.78 is 10.4. The second-order valence-electron chi connectivity index (χ2n) is 11.9. The molecule has 2 aromatic carbocycles. The molecule has 1 amide bonds. The van der Waals surface area contributed by atoms with E-state index in [0.717, 1.165) is 24.0 Å². The number of ether oxygens (including phenoxy) is 1. The number of benzene rings is 2. The Morgan fingerprint density at radius 3 is 2.43 bits per heavy atom. The zero-order chi connectivity index (χ0) is 31.8. The molecular formula is C34H35N7O5. The number of carbonyl (C=O) groups is 2. The van der Waals surface area contributed by atoms with Gasteiger partial charge in [0.2, 0.25) is 0 Å². The fourth-order valence-electron chi connectivity index (χ4n) is 6.49. The number of nitrogens with zero attached hydrogens (tertiary/aromatic N) is 6. The standard InChI is InChI=1S/C34H35N7O5/c1-38-29(33(43)44)19-35-30(38)21-39-16-13-26(20-39)41-31-28(12-11-27(37-31)32(42)36-24-14-17-46-18-15-24)40(34(41)45)25-9-7-23(8-10-25)22-5-3-2-4-6-22/h2-12,19,24,26H,13-18,20-21H2,1H3,(H,36,42)(H,43,44)/t26-/m0/s1. The largest absolute Gasteiger partial charge is 0.477 e. The maximum absolute atomic E-state index is 14.3. The maximum atomic E-state index is 14.3. The molecule has 5 aromatic rings. The van der Waals surface area contributed by atoms with Gasteiger partial charge in [-0.3, -0.25) is 18.8 Å². The highest BCUT2D eigenvalue weighted by Crippen LogP contribution is 2.28. The fraction of sp³-hybridized carbons (Fsp3) is 0.324. The number of carbonyl (C=O) groups excluding carboxylic acids is 1.